The van der Waals surface area contributed by atoms with Gasteiger partial charge in [-0.15, -0.1) is 0 Å². The average Bonchev–Trinajstić information content (AvgIpc) is 3.19. The standard InChI is InChI=1S/C24H25N3O.C4H4O4/c28-18-14-20-7-5-15-26(25-19-20)16-6-17-27-23-10-3-1-8-21(23)12-13-22-9-2-4-11-24(22)27;5-3(6)1-2-4(7)8/h1-5,7-13,15,19,28H,6,14,16-18H2;1-2H,(H,5,6)(H,7,8)/b;2-1+. The van der Waals surface area contributed by atoms with Gasteiger partial charge in [0.05, 0.1) is 6.21 Å². The molecule has 0 saturated carbocycles. The number of aliphatic hydroxyl groups is 1. The van der Waals surface area contributed by atoms with Gasteiger partial charge in [-0.1, -0.05) is 54.6 Å². The van der Waals surface area contributed by atoms with Crippen LogP contribution in [-0.2, 0) is 9.59 Å². The first-order chi connectivity index (χ1) is 17.5. The summed E-state index contributed by atoms with van der Waals surface area (Å²) in [6.07, 6.45) is 15.0. The predicted molar refractivity (Wildman–Crippen MR) is 142 cm³/mol. The lowest BCUT2D eigenvalue weighted by molar-refractivity contribution is -0.134. The maximum atomic E-state index is 9.55. The Labute approximate surface area is 210 Å². The van der Waals surface area contributed by atoms with Crippen molar-refractivity contribution in [2.24, 2.45) is 5.10 Å². The molecule has 2 aliphatic rings. The van der Waals surface area contributed by atoms with Crippen LogP contribution in [0.1, 0.15) is 24.0 Å². The van der Waals surface area contributed by atoms with Crippen molar-refractivity contribution in [3.8, 4) is 0 Å². The van der Waals surface area contributed by atoms with E-state index >= 15 is 0 Å². The van der Waals surface area contributed by atoms with Crippen molar-refractivity contribution in [3.63, 3.8) is 0 Å². The quantitative estimate of drug-likeness (QED) is 0.469. The molecule has 0 unspecified atom stereocenters. The molecule has 36 heavy (non-hydrogen) atoms. The van der Waals surface area contributed by atoms with Gasteiger partial charge < -0.3 is 20.2 Å². The summed E-state index contributed by atoms with van der Waals surface area (Å²) in [7, 11) is 0. The van der Waals surface area contributed by atoms with Gasteiger partial charge >= 0.3 is 11.9 Å². The van der Waals surface area contributed by atoms with Crippen molar-refractivity contribution in [2.45, 2.75) is 12.8 Å². The Bertz CT molecular complexity index is 1150. The van der Waals surface area contributed by atoms with Crippen LogP contribution in [0.4, 0.5) is 11.4 Å². The van der Waals surface area contributed by atoms with Gasteiger partial charge in [0.2, 0.25) is 0 Å². The largest absolute Gasteiger partial charge is 0.478 e. The van der Waals surface area contributed by atoms with Crippen molar-refractivity contribution in [1.29, 1.82) is 0 Å². The molecule has 186 valence electrons. The topological polar surface area (TPSA) is 114 Å². The van der Waals surface area contributed by atoms with E-state index in [4.69, 9.17) is 15.3 Å². The zero-order valence-electron chi connectivity index (χ0n) is 19.8. The minimum Gasteiger partial charge on any atom is -0.478 e. The number of fused-ring (bicyclic) bond motifs is 2. The van der Waals surface area contributed by atoms with Crippen molar-refractivity contribution in [2.75, 3.05) is 24.6 Å². The van der Waals surface area contributed by atoms with E-state index in [1.807, 2.05) is 29.6 Å². The number of hydrogen-bond acceptors (Lipinski definition) is 6. The lowest BCUT2D eigenvalue weighted by Crippen LogP contribution is -2.23. The zero-order chi connectivity index (χ0) is 25.8. The molecule has 4 rings (SSSR count). The molecule has 8 nitrogen and oxygen atoms in total. The van der Waals surface area contributed by atoms with Crippen molar-refractivity contribution >= 4 is 41.7 Å². The van der Waals surface area contributed by atoms with Crippen LogP contribution in [-0.4, -0.2) is 58.2 Å². The number of hydrazone groups is 1. The second-order valence-electron chi connectivity index (χ2n) is 7.93. The average molecular weight is 488 g/mol. The van der Waals surface area contributed by atoms with E-state index < -0.39 is 11.9 Å². The number of rotatable bonds is 8. The van der Waals surface area contributed by atoms with E-state index in [0.717, 1.165) is 25.1 Å². The minimum absolute atomic E-state index is 0.146. The molecule has 0 amide bonds. The van der Waals surface area contributed by atoms with E-state index in [2.05, 4.69) is 70.7 Å². The molecule has 0 saturated heterocycles. The Hall–Kier alpha value is -4.43. The molecule has 3 N–H and O–H groups in total. The number of nitrogens with zero attached hydrogens (tertiary/aromatic N) is 3. The zero-order valence-corrected chi connectivity index (χ0v) is 19.8. The fourth-order valence-electron chi connectivity index (χ4n) is 3.74. The van der Waals surface area contributed by atoms with Gasteiger partial charge in [0.25, 0.3) is 0 Å². The molecule has 2 heterocycles. The number of para-hydroxylation sites is 2. The van der Waals surface area contributed by atoms with E-state index in [-0.39, 0.29) is 6.61 Å². The molecule has 0 fully saturated rings. The van der Waals surface area contributed by atoms with E-state index in [9.17, 15) is 9.59 Å². The van der Waals surface area contributed by atoms with Crippen LogP contribution >= 0.6 is 0 Å². The number of hydrogen-bond donors (Lipinski definition) is 3. The second kappa shape index (κ2) is 13.5. The molecule has 8 heteroatoms. The van der Waals surface area contributed by atoms with Crippen LogP contribution in [0.5, 0.6) is 0 Å². The van der Waals surface area contributed by atoms with E-state index in [1.54, 1.807) is 0 Å². The summed E-state index contributed by atoms with van der Waals surface area (Å²) in [6, 6.07) is 17.1. The lowest BCUT2D eigenvalue weighted by atomic mass is 10.1. The number of anilines is 2. The smallest absolute Gasteiger partial charge is 0.328 e. The Kier molecular flexibility index (Phi) is 9.79. The molecule has 2 aliphatic heterocycles. The first kappa shape index (κ1) is 26.2. The summed E-state index contributed by atoms with van der Waals surface area (Å²) in [5.41, 5.74) is 6.01. The van der Waals surface area contributed by atoms with Gasteiger partial charge in [0, 0.05) is 49.4 Å². The monoisotopic (exact) mass is 487 g/mol. The van der Waals surface area contributed by atoms with Crippen LogP contribution in [0.2, 0.25) is 0 Å². The lowest BCUT2D eigenvalue weighted by Gasteiger charge is -2.27. The van der Waals surface area contributed by atoms with E-state index in [1.165, 1.54) is 22.5 Å². The molecule has 0 radical (unpaired) electrons. The fraction of sp³-hybridized carbons (Fsp3) is 0.179. The molecular formula is C28H29N3O5. The molecule has 0 aromatic heterocycles. The number of benzene rings is 2. The molecule has 0 spiro atoms. The molecular weight excluding hydrogens is 458 g/mol. The molecule has 0 bridgehead atoms. The Morgan fingerprint density at radius 1 is 0.861 bits per heavy atom. The summed E-state index contributed by atoms with van der Waals surface area (Å²) in [5.74, 6) is -2.51. The maximum absolute atomic E-state index is 9.55. The van der Waals surface area contributed by atoms with Gasteiger partial charge in [0.1, 0.15) is 0 Å². The third-order valence-corrected chi connectivity index (χ3v) is 5.38. The number of aliphatic carboxylic acids is 2. The first-order valence-electron chi connectivity index (χ1n) is 11.5. The van der Waals surface area contributed by atoms with Crippen LogP contribution in [0, 0.1) is 0 Å². The molecule has 0 atom stereocenters. The summed E-state index contributed by atoms with van der Waals surface area (Å²) in [4.78, 5) is 21.5. The molecule has 0 aliphatic carbocycles. The summed E-state index contributed by atoms with van der Waals surface area (Å²) in [5, 5.41) is 31.2. The number of carboxylic acid groups (broad SMARTS) is 2. The highest BCUT2D eigenvalue weighted by atomic mass is 16.4. The highest BCUT2D eigenvalue weighted by Gasteiger charge is 2.17. The minimum atomic E-state index is -1.26. The summed E-state index contributed by atoms with van der Waals surface area (Å²) >= 11 is 0. The first-order valence-corrected chi connectivity index (χ1v) is 11.5. The normalized spacial score (nSPS) is 13.8. The number of allylic oxidation sites excluding steroid dienone is 2. The van der Waals surface area contributed by atoms with Gasteiger partial charge in [0.15, 0.2) is 0 Å². The van der Waals surface area contributed by atoms with Gasteiger partial charge in [-0.2, -0.15) is 5.10 Å². The summed E-state index contributed by atoms with van der Waals surface area (Å²) in [6.45, 7) is 1.89. The van der Waals surface area contributed by atoms with Crippen molar-refractivity contribution in [1.82, 2.24) is 5.01 Å². The third kappa shape index (κ3) is 7.82. The summed E-state index contributed by atoms with van der Waals surface area (Å²) < 4.78 is 0. The van der Waals surface area contributed by atoms with Gasteiger partial charge in [-0.25, -0.2) is 9.59 Å². The number of carbonyl (C=O) groups is 2. The van der Waals surface area contributed by atoms with Crippen molar-refractivity contribution in [3.05, 3.63) is 95.7 Å². The highest BCUT2D eigenvalue weighted by molar-refractivity contribution is 5.90. The Balaban J connectivity index is 0.000000392. The van der Waals surface area contributed by atoms with Crippen molar-refractivity contribution < 1.29 is 24.9 Å². The van der Waals surface area contributed by atoms with E-state index in [0.29, 0.717) is 18.6 Å². The third-order valence-electron chi connectivity index (χ3n) is 5.38. The number of aliphatic hydroxyl groups excluding tert-OH is 1. The molecule has 2 aromatic carbocycles. The Morgan fingerprint density at radius 3 is 2.00 bits per heavy atom. The SMILES string of the molecule is O=C(O)/C=C/C(=O)O.OCCC1=CC=CN(CCCN2c3ccccc3C=Cc3ccccc32)N=C1. The fourth-order valence-corrected chi connectivity index (χ4v) is 3.74. The van der Waals surface area contributed by atoms with Crippen LogP contribution in [0.25, 0.3) is 12.2 Å². The molecule has 2 aromatic rings. The van der Waals surface area contributed by atoms with Crippen LogP contribution < -0.4 is 4.90 Å². The van der Waals surface area contributed by atoms with Crippen LogP contribution in [0.3, 0.4) is 0 Å². The second-order valence-corrected chi connectivity index (χ2v) is 7.93. The number of carboxylic acids is 2. The highest BCUT2D eigenvalue weighted by Crippen LogP contribution is 2.36. The Morgan fingerprint density at radius 2 is 1.44 bits per heavy atom. The predicted octanol–water partition coefficient (Wildman–Crippen LogP) is 4.53. The van der Waals surface area contributed by atoms with Gasteiger partial charge in [-0.3, -0.25) is 5.01 Å². The maximum Gasteiger partial charge on any atom is 0.328 e. The van der Waals surface area contributed by atoms with Crippen LogP contribution in [0.15, 0.2) is 89.7 Å². The van der Waals surface area contributed by atoms with Gasteiger partial charge in [-0.05, 0) is 47.8 Å².